The molecular formula is C11H25ClN2. The molecule has 0 fully saturated rings. The Labute approximate surface area is 94.2 Å². The molecule has 2 nitrogen and oxygen atoms in total. The minimum atomic E-state index is 0.749. The molecule has 0 aromatic heterocycles. The fraction of sp³-hybridized carbons (Fsp3) is 1.00. The zero-order chi connectivity index (χ0) is 10.8. The summed E-state index contributed by atoms with van der Waals surface area (Å²) < 4.78 is 0. The van der Waals surface area contributed by atoms with Gasteiger partial charge in [0.05, 0.1) is 0 Å². The SMILES string of the molecule is CCN(CC)CCCN(CC)CCCl. The Kier molecular flexibility index (Phi) is 9.90. The van der Waals surface area contributed by atoms with E-state index < -0.39 is 0 Å². The summed E-state index contributed by atoms with van der Waals surface area (Å²) in [6.45, 7) is 13.5. The van der Waals surface area contributed by atoms with E-state index in [4.69, 9.17) is 11.6 Å². The predicted molar refractivity (Wildman–Crippen MR) is 65.2 cm³/mol. The fourth-order valence-electron chi connectivity index (χ4n) is 1.61. The zero-order valence-corrected chi connectivity index (χ0v) is 10.7. The van der Waals surface area contributed by atoms with Gasteiger partial charge in [0.1, 0.15) is 0 Å². The van der Waals surface area contributed by atoms with Crippen molar-refractivity contribution in [2.75, 3.05) is 45.1 Å². The first-order chi connectivity index (χ1) is 6.78. The monoisotopic (exact) mass is 220 g/mol. The Bertz CT molecular complexity index is 116. The van der Waals surface area contributed by atoms with Gasteiger partial charge in [-0.1, -0.05) is 20.8 Å². The average Bonchev–Trinajstić information content (AvgIpc) is 2.23. The van der Waals surface area contributed by atoms with Gasteiger partial charge in [-0.25, -0.2) is 0 Å². The van der Waals surface area contributed by atoms with E-state index >= 15 is 0 Å². The number of alkyl halides is 1. The van der Waals surface area contributed by atoms with Crippen LogP contribution in [0.25, 0.3) is 0 Å². The van der Waals surface area contributed by atoms with Crippen molar-refractivity contribution in [3.05, 3.63) is 0 Å². The molecule has 0 heterocycles. The van der Waals surface area contributed by atoms with Crippen LogP contribution in [0.15, 0.2) is 0 Å². The first kappa shape index (κ1) is 14.2. The van der Waals surface area contributed by atoms with Crippen molar-refractivity contribution in [3.63, 3.8) is 0 Å². The van der Waals surface area contributed by atoms with E-state index in [0.29, 0.717) is 0 Å². The lowest BCUT2D eigenvalue weighted by atomic mass is 10.3. The molecule has 86 valence electrons. The minimum Gasteiger partial charge on any atom is -0.304 e. The van der Waals surface area contributed by atoms with Crippen LogP contribution in [-0.4, -0.2) is 54.9 Å². The highest BCUT2D eigenvalue weighted by Crippen LogP contribution is 1.95. The van der Waals surface area contributed by atoms with Crippen molar-refractivity contribution in [2.24, 2.45) is 0 Å². The third-order valence-electron chi connectivity index (χ3n) is 2.69. The predicted octanol–water partition coefficient (Wildman–Crippen LogP) is 2.28. The lowest BCUT2D eigenvalue weighted by Gasteiger charge is -2.22. The molecule has 0 radical (unpaired) electrons. The van der Waals surface area contributed by atoms with Crippen LogP contribution in [0.5, 0.6) is 0 Å². The van der Waals surface area contributed by atoms with Gasteiger partial charge in [0, 0.05) is 12.4 Å². The topological polar surface area (TPSA) is 6.48 Å². The molecule has 0 atom stereocenters. The second-order valence-corrected chi connectivity index (χ2v) is 3.88. The Morgan fingerprint density at radius 2 is 1.29 bits per heavy atom. The van der Waals surface area contributed by atoms with E-state index in [0.717, 1.165) is 32.1 Å². The first-order valence-electron chi connectivity index (χ1n) is 5.79. The summed E-state index contributed by atoms with van der Waals surface area (Å²) in [6.07, 6.45) is 1.26. The van der Waals surface area contributed by atoms with Crippen LogP contribution in [0.2, 0.25) is 0 Å². The van der Waals surface area contributed by atoms with Gasteiger partial charge in [0.25, 0.3) is 0 Å². The van der Waals surface area contributed by atoms with Crippen LogP contribution in [0.4, 0.5) is 0 Å². The van der Waals surface area contributed by atoms with Gasteiger partial charge in [-0.2, -0.15) is 0 Å². The summed E-state index contributed by atoms with van der Waals surface area (Å²) >= 11 is 5.72. The normalized spacial score (nSPS) is 11.6. The average molecular weight is 221 g/mol. The molecule has 0 N–H and O–H groups in total. The van der Waals surface area contributed by atoms with Crippen molar-refractivity contribution in [1.29, 1.82) is 0 Å². The van der Waals surface area contributed by atoms with E-state index in [9.17, 15) is 0 Å². The zero-order valence-electron chi connectivity index (χ0n) is 9.93. The summed E-state index contributed by atoms with van der Waals surface area (Å²) in [5, 5.41) is 0. The van der Waals surface area contributed by atoms with Crippen molar-refractivity contribution in [3.8, 4) is 0 Å². The Morgan fingerprint density at radius 1 is 0.786 bits per heavy atom. The summed E-state index contributed by atoms with van der Waals surface area (Å²) in [4.78, 5) is 4.88. The standard InChI is InChI=1S/C11H25ClN2/c1-4-13(5-2)9-7-10-14(6-3)11-8-12/h4-11H2,1-3H3. The second kappa shape index (κ2) is 9.75. The summed E-state index contributed by atoms with van der Waals surface area (Å²) in [5.74, 6) is 0.749. The third kappa shape index (κ3) is 6.63. The molecule has 0 aliphatic heterocycles. The van der Waals surface area contributed by atoms with Crippen molar-refractivity contribution in [2.45, 2.75) is 27.2 Å². The summed E-state index contributed by atoms with van der Waals surface area (Å²) in [5.41, 5.74) is 0. The highest BCUT2D eigenvalue weighted by Gasteiger charge is 2.02. The van der Waals surface area contributed by atoms with Gasteiger partial charge in [0.15, 0.2) is 0 Å². The molecule has 0 aliphatic rings. The molecule has 0 aromatic carbocycles. The van der Waals surface area contributed by atoms with Crippen molar-refractivity contribution in [1.82, 2.24) is 9.80 Å². The highest BCUT2D eigenvalue weighted by molar-refractivity contribution is 6.18. The lowest BCUT2D eigenvalue weighted by molar-refractivity contribution is 0.251. The second-order valence-electron chi connectivity index (χ2n) is 3.50. The van der Waals surface area contributed by atoms with E-state index in [2.05, 4.69) is 30.6 Å². The van der Waals surface area contributed by atoms with Crippen LogP contribution < -0.4 is 0 Å². The molecule has 0 rings (SSSR count). The number of hydrogen-bond acceptors (Lipinski definition) is 2. The van der Waals surface area contributed by atoms with Crippen LogP contribution in [0, 0.1) is 0 Å². The molecule has 0 amide bonds. The fourth-order valence-corrected chi connectivity index (χ4v) is 1.84. The third-order valence-corrected chi connectivity index (χ3v) is 2.86. The smallest absolute Gasteiger partial charge is 0.0351 e. The summed E-state index contributed by atoms with van der Waals surface area (Å²) in [7, 11) is 0. The van der Waals surface area contributed by atoms with E-state index in [1.807, 2.05) is 0 Å². The van der Waals surface area contributed by atoms with Crippen molar-refractivity contribution < 1.29 is 0 Å². The first-order valence-corrected chi connectivity index (χ1v) is 6.32. The van der Waals surface area contributed by atoms with Crippen LogP contribution in [0.1, 0.15) is 27.2 Å². The molecule has 14 heavy (non-hydrogen) atoms. The Morgan fingerprint density at radius 3 is 1.71 bits per heavy atom. The van der Waals surface area contributed by atoms with E-state index in [-0.39, 0.29) is 0 Å². The van der Waals surface area contributed by atoms with Crippen LogP contribution in [0.3, 0.4) is 0 Å². The molecule has 0 saturated carbocycles. The number of halogens is 1. The lowest BCUT2D eigenvalue weighted by Crippen LogP contribution is -2.31. The molecule has 0 unspecified atom stereocenters. The molecule has 0 aromatic rings. The number of hydrogen-bond donors (Lipinski definition) is 0. The molecule has 0 aliphatic carbocycles. The molecular weight excluding hydrogens is 196 g/mol. The van der Waals surface area contributed by atoms with Gasteiger partial charge in [0.2, 0.25) is 0 Å². The van der Waals surface area contributed by atoms with E-state index in [1.165, 1.54) is 19.5 Å². The molecule has 0 saturated heterocycles. The molecule has 0 bridgehead atoms. The molecule has 3 heteroatoms. The highest BCUT2D eigenvalue weighted by atomic mass is 35.5. The Balaban J connectivity index is 3.48. The minimum absolute atomic E-state index is 0.749. The van der Waals surface area contributed by atoms with Gasteiger partial charge >= 0.3 is 0 Å². The maximum absolute atomic E-state index is 5.72. The maximum Gasteiger partial charge on any atom is 0.0351 e. The van der Waals surface area contributed by atoms with Crippen molar-refractivity contribution >= 4 is 11.6 Å². The van der Waals surface area contributed by atoms with Gasteiger partial charge in [-0.15, -0.1) is 11.6 Å². The van der Waals surface area contributed by atoms with Crippen LogP contribution in [-0.2, 0) is 0 Å². The van der Waals surface area contributed by atoms with Gasteiger partial charge in [-0.3, -0.25) is 0 Å². The van der Waals surface area contributed by atoms with Gasteiger partial charge < -0.3 is 9.80 Å². The number of rotatable bonds is 9. The van der Waals surface area contributed by atoms with Gasteiger partial charge in [-0.05, 0) is 39.1 Å². The maximum atomic E-state index is 5.72. The number of nitrogens with zero attached hydrogens (tertiary/aromatic N) is 2. The van der Waals surface area contributed by atoms with Crippen LogP contribution >= 0.6 is 11.6 Å². The molecule has 0 spiro atoms. The Hall–Kier alpha value is 0.210. The quantitative estimate of drug-likeness (QED) is 0.551. The summed E-state index contributed by atoms with van der Waals surface area (Å²) in [6, 6.07) is 0. The van der Waals surface area contributed by atoms with E-state index in [1.54, 1.807) is 0 Å². The largest absolute Gasteiger partial charge is 0.304 e.